The molecule has 0 aromatic heterocycles. The summed E-state index contributed by atoms with van der Waals surface area (Å²) in [5.41, 5.74) is 2.36. The van der Waals surface area contributed by atoms with Gasteiger partial charge in [0.15, 0.2) is 25.1 Å². The van der Waals surface area contributed by atoms with Crippen LogP contribution in [-0.2, 0) is 9.47 Å². The number of carbonyl (C=O) groups is 1. The molecule has 5 heteroatoms. The zero-order valence-electron chi connectivity index (χ0n) is 16.3. The quantitative estimate of drug-likeness (QED) is 0.486. The van der Waals surface area contributed by atoms with E-state index in [1.165, 1.54) is 6.20 Å². The van der Waals surface area contributed by atoms with E-state index in [1.807, 2.05) is 66.7 Å². The number of ether oxygens (including phenoxy) is 2. The van der Waals surface area contributed by atoms with Gasteiger partial charge in [0.1, 0.15) is 5.95 Å². The highest BCUT2D eigenvalue weighted by molar-refractivity contribution is 5.89. The van der Waals surface area contributed by atoms with Crippen molar-refractivity contribution < 1.29 is 24.0 Å². The molecule has 0 unspecified atom stereocenters. The van der Waals surface area contributed by atoms with E-state index in [9.17, 15) is 9.90 Å². The third-order valence-electron chi connectivity index (χ3n) is 4.88. The Kier molecular flexibility index (Phi) is 5.90. The van der Waals surface area contributed by atoms with Gasteiger partial charge >= 0.3 is 5.97 Å². The molecule has 0 spiro atoms. The molecule has 0 saturated heterocycles. The first-order valence-electron chi connectivity index (χ1n) is 9.71. The van der Waals surface area contributed by atoms with Gasteiger partial charge in [-0.25, -0.2) is 4.79 Å². The van der Waals surface area contributed by atoms with Gasteiger partial charge in [-0.2, -0.15) is 4.58 Å². The number of esters is 1. The van der Waals surface area contributed by atoms with Gasteiger partial charge in [0.25, 0.3) is 0 Å². The molecule has 0 saturated carbocycles. The fourth-order valence-corrected chi connectivity index (χ4v) is 3.49. The maximum Gasteiger partial charge on any atom is 0.338 e. The molecule has 0 radical (unpaired) electrons. The van der Waals surface area contributed by atoms with Crippen molar-refractivity contribution in [3.05, 3.63) is 120 Å². The van der Waals surface area contributed by atoms with Crippen molar-refractivity contribution in [1.82, 2.24) is 0 Å². The van der Waals surface area contributed by atoms with E-state index < -0.39 is 18.0 Å². The normalized spacial score (nSPS) is 19.6. The molecule has 0 fully saturated rings. The zero-order chi connectivity index (χ0) is 20.8. The second-order valence-electron chi connectivity index (χ2n) is 6.85. The highest BCUT2D eigenvalue weighted by Gasteiger charge is 2.34. The molecule has 4 rings (SSSR count). The number of hydrogen-bond acceptors (Lipinski definition) is 4. The van der Waals surface area contributed by atoms with Crippen LogP contribution in [0.1, 0.15) is 33.6 Å². The minimum Gasteiger partial charge on any atom is -0.594 e. The van der Waals surface area contributed by atoms with Crippen LogP contribution >= 0.6 is 0 Å². The molecule has 3 aromatic rings. The van der Waals surface area contributed by atoms with Crippen molar-refractivity contribution >= 4 is 12.2 Å². The molecule has 1 aliphatic heterocycles. The van der Waals surface area contributed by atoms with Crippen molar-refractivity contribution in [3.8, 4) is 0 Å². The maximum absolute atomic E-state index is 12.3. The first-order chi connectivity index (χ1) is 14.7. The molecule has 150 valence electrons. The van der Waals surface area contributed by atoms with Crippen LogP contribution in [0.4, 0.5) is 0 Å². The number of nitrogens with zero attached hydrogens (tertiary/aromatic N) is 1. The van der Waals surface area contributed by atoms with Crippen LogP contribution < -0.4 is 5.11 Å². The van der Waals surface area contributed by atoms with Gasteiger partial charge in [-0.3, -0.25) is 0 Å². The van der Waals surface area contributed by atoms with Crippen LogP contribution in [-0.4, -0.2) is 23.4 Å². The van der Waals surface area contributed by atoms with E-state index in [1.54, 1.807) is 35.1 Å². The summed E-state index contributed by atoms with van der Waals surface area (Å²) >= 11 is 0. The summed E-state index contributed by atoms with van der Waals surface area (Å²) in [5, 5.41) is 12.3. The molecule has 5 nitrogen and oxygen atoms in total. The molecule has 1 aliphatic rings. The van der Waals surface area contributed by atoms with E-state index in [0.29, 0.717) is 5.56 Å². The van der Waals surface area contributed by atoms with Crippen molar-refractivity contribution in [2.45, 2.75) is 12.1 Å². The summed E-state index contributed by atoms with van der Waals surface area (Å²) in [6, 6.07) is 28.0. The largest absolute Gasteiger partial charge is 0.594 e. The second kappa shape index (κ2) is 9.09. The van der Waals surface area contributed by atoms with Gasteiger partial charge in [-0.1, -0.05) is 78.9 Å². The Labute approximate surface area is 175 Å². The van der Waals surface area contributed by atoms with E-state index in [4.69, 9.17) is 9.47 Å². The van der Waals surface area contributed by atoms with E-state index in [0.717, 1.165) is 11.1 Å². The lowest BCUT2D eigenvalue weighted by Gasteiger charge is -2.35. The zero-order valence-corrected chi connectivity index (χ0v) is 16.3. The summed E-state index contributed by atoms with van der Waals surface area (Å²) in [6.45, 7) is 0.0301. The van der Waals surface area contributed by atoms with Crippen molar-refractivity contribution in [3.63, 3.8) is 0 Å². The maximum atomic E-state index is 12.3. The van der Waals surface area contributed by atoms with Crippen LogP contribution in [0, 0.1) is 0 Å². The van der Waals surface area contributed by atoms with Crippen molar-refractivity contribution in [2.75, 3.05) is 6.61 Å². The Bertz CT molecular complexity index is 1050. The Morgan fingerprint density at radius 2 is 1.47 bits per heavy atom. The predicted octanol–water partition coefficient (Wildman–Crippen LogP) is 3.60. The number of benzene rings is 3. The lowest BCUT2D eigenvalue weighted by atomic mass is 9.94. The fourth-order valence-electron chi connectivity index (χ4n) is 3.49. The molecule has 0 amide bonds. The van der Waals surface area contributed by atoms with Crippen LogP contribution in [0.2, 0.25) is 0 Å². The average Bonchev–Trinajstić information content (AvgIpc) is 2.80. The van der Waals surface area contributed by atoms with E-state index >= 15 is 0 Å². The van der Waals surface area contributed by atoms with Crippen molar-refractivity contribution in [1.29, 1.82) is 0 Å². The van der Waals surface area contributed by atoms with Gasteiger partial charge in [0.05, 0.1) is 11.7 Å². The van der Waals surface area contributed by atoms with Gasteiger partial charge in [-0.05, 0) is 17.7 Å². The smallest absolute Gasteiger partial charge is 0.338 e. The van der Waals surface area contributed by atoms with Crippen LogP contribution in [0.3, 0.4) is 0 Å². The Hall–Kier alpha value is -3.86. The Balaban J connectivity index is 1.63. The highest BCUT2D eigenvalue weighted by atomic mass is 16.6. The summed E-state index contributed by atoms with van der Waals surface area (Å²) in [4.78, 5) is 12.2. The Morgan fingerprint density at radius 1 is 0.900 bits per heavy atom. The Morgan fingerprint density at radius 3 is 2.10 bits per heavy atom. The first kappa shape index (κ1) is 19.5. The molecular formula is C25H21NO4. The highest BCUT2D eigenvalue weighted by Crippen LogP contribution is 2.38. The number of rotatable bonds is 5. The van der Waals surface area contributed by atoms with E-state index in [-0.39, 0.29) is 12.6 Å². The minimum atomic E-state index is -0.493. The van der Waals surface area contributed by atoms with Crippen LogP contribution in [0.15, 0.2) is 103 Å². The van der Waals surface area contributed by atoms with Gasteiger partial charge in [0, 0.05) is 5.56 Å². The number of carbonyl (C=O) groups excluding carboxylic acids is 1. The summed E-state index contributed by atoms with van der Waals surface area (Å²) in [7, 11) is 0. The lowest BCUT2D eigenvalue weighted by molar-refractivity contribution is -0.555. The molecule has 0 N–H and O–H groups in total. The fraction of sp³-hybridized carbons (Fsp3) is 0.120. The van der Waals surface area contributed by atoms with Crippen molar-refractivity contribution in [2.24, 2.45) is 0 Å². The topological polar surface area (TPSA) is 61.6 Å². The average molecular weight is 399 g/mol. The van der Waals surface area contributed by atoms with Crippen LogP contribution in [0.5, 0.6) is 0 Å². The summed E-state index contributed by atoms with van der Waals surface area (Å²) < 4.78 is 12.9. The summed E-state index contributed by atoms with van der Waals surface area (Å²) in [5.74, 6) is -0.857. The third kappa shape index (κ3) is 4.41. The molecule has 0 bridgehead atoms. The van der Waals surface area contributed by atoms with Gasteiger partial charge < -0.3 is 14.6 Å². The lowest BCUT2D eigenvalue weighted by Crippen LogP contribution is -2.32. The molecular weight excluding hydrogens is 378 g/mol. The summed E-state index contributed by atoms with van der Waals surface area (Å²) in [6.07, 6.45) is 2.61. The minimum absolute atomic E-state index is 0.0301. The predicted molar refractivity (Wildman–Crippen MR) is 111 cm³/mol. The molecule has 30 heavy (non-hydrogen) atoms. The monoisotopic (exact) mass is 399 g/mol. The first-order valence-corrected chi connectivity index (χ1v) is 9.71. The molecule has 0 aliphatic carbocycles. The van der Waals surface area contributed by atoms with Crippen LogP contribution in [0.25, 0.3) is 0 Å². The van der Waals surface area contributed by atoms with Gasteiger partial charge in [0.2, 0.25) is 0 Å². The SMILES string of the molecule is O=C(OCC=[N+]1C=C([O-])O[C@@H](c2ccccc2)[C@H]1c1ccccc1)c1ccccc1. The molecule has 2 atom stereocenters. The third-order valence-corrected chi connectivity index (χ3v) is 4.88. The standard InChI is InChI=1S/C25H21NO4/c27-22-18-26(16-17-29-25(28)21-14-8-3-9-15-21)23(19-10-4-1-5-11-19)24(30-22)20-12-6-2-7-13-20/h1-16,18,23-24H,17H2/t23-,24+/m1/s1. The molecule has 1 heterocycles. The second-order valence-corrected chi connectivity index (χ2v) is 6.85. The molecule has 3 aromatic carbocycles. The number of hydrogen-bond donors (Lipinski definition) is 0. The van der Waals surface area contributed by atoms with Gasteiger partial charge in [-0.15, -0.1) is 0 Å². The van der Waals surface area contributed by atoms with E-state index in [2.05, 4.69) is 0 Å².